The van der Waals surface area contributed by atoms with Crippen molar-refractivity contribution >= 4 is 0 Å². The van der Waals surface area contributed by atoms with Gasteiger partial charge in [-0.1, -0.05) is 18.5 Å². The minimum atomic E-state index is -1.45. The molecule has 0 saturated carbocycles. The van der Waals surface area contributed by atoms with E-state index in [0.29, 0.717) is 6.61 Å². The van der Waals surface area contributed by atoms with Crippen LogP contribution in [0, 0.1) is 0 Å². The summed E-state index contributed by atoms with van der Waals surface area (Å²) in [6.45, 7) is 2.00. The summed E-state index contributed by atoms with van der Waals surface area (Å²) in [4.78, 5) is 2.55. The second kappa shape index (κ2) is 7.52. The number of aliphatic hydroxyl groups excluding tert-OH is 3. The van der Waals surface area contributed by atoms with E-state index in [9.17, 15) is 10.2 Å². The molecule has 5 atom stereocenters. The van der Waals surface area contributed by atoms with E-state index in [-0.39, 0.29) is 0 Å². The summed E-state index contributed by atoms with van der Waals surface area (Å²) in [5.74, 6) is 0. The maximum absolute atomic E-state index is 9.99. The van der Waals surface area contributed by atoms with Crippen molar-refractivity contribution in [3.8, 4) is 0 Å². The van der Waals surface area contributed by atoms with Crippen LogP contribution in [0.3, 0.4) is 0 Å². The van der Waals surface area contributed by atoms with Crippen LogP contribution in [0.15, 0.2) is 5.11 Å². The minimum absolute atomic E-state index is 0.395. The number of hydrogen-bond acceptors (Lipinski definition) is 6. The summed E-state index contributed by atoms with van der Waals surface area (Å²) in [5, 5.41) is 32.0. The standard InChI is InChI=1S/C10H19N3O5/c1-2-3-4-17-9-6(5-14)18-10(16)7(8(9)15)12-13-11/h6-10,14-16H,2-5H2,1H3/t6?,7-,8?,9+,10+/m0/s1. The Balaban J connectivity index is 2.72. The fourth-order valence-corrected chi connectivity index (χ4v) is 1.82. The Kier molecular flexibility index (Phi) is 6.34. The van der Waals surface area contributed by atoms with Crippen LogP contribution in [0.5, 0.6) is 0 Å². The van der Waals surface area contributed by atoms with E-state index in [2.05, 4.69) is 10.0 Å². The van der Waals surface area contributed by atoms with E-state index in [0.717, 1.165) is 12.8 Å². The molecule has 8 nitrogen and oxygen atoms in total. The van der Waals surface area contributed by atoms with Crippen molar-refractivity contribution in [3.05, 3.63) is 10.4 Å². The van der Waals surface area contributed by atoms with Crippen molar-refractivity contribution < 1.29 is 24.8 Å². The third-order valence-electron chi connectivity index (χ3n) is 2.83. The minimum Gasteiger partial charge on any atom is -0.394 e. The van der Waals surface area contributed by atoms with Gasteiger partial charge in [0.25, 0.3) is 0 Å². The molecule has 0 amide bonds. The predicted molar refractivity (Wildman–Crippen MR) is 61.6 cm³/mol. The molecule has 0 radical (unpaired) electrons. The van der Waals surface area contributed by atoms with Gasteiger partial charge in [0.2, 0.25) is 0 Å². The van der Waals surface area contributed by atoms with Crippen LogP contribution < -0.4 is 0 Å². The summed E-state index contributed by atoms with van der Waals surface area (Å²) in [5.41, 5.74) is 8.37. The first-order chi connectivity index (χ1) is 8.65. The maximum Gasteiger partial charge on any atom is 0.166 e. The highest BCUT2D eigenvalue weighted by atomic mass is 16.6. The molecule has 104 valence electrons. The van der Waals surface area contributed by atoms with E-state index in [1.165, 1.54) is 0 Å². The Labute approximate surface area is 105 Å². The van der Waals surface area contributed by atoms with Crippen molar-refractivity contribution in [2.24, 2.45) is 5.11 Å². The SMILES string of the molecule is CCCCO[C@@H]1C(CO)O[C@@H](O)[C@@H](N=[N+]=[N-])C1O. The Morgan fingerprint density at radius 3 is 2.72 bits per heavy atom. The zero-order valence-electron chi connectivity index (χ0n) is 10.2. The van der Waals surface area contributed by atoms with Gasteiger partial charge in [-0.25, -0.2) is 0 Å². The highest BCUT2D eigenvalue weighted by Crippen LogP contribution is 2.24. The molecular weight excluding hydrogens is 242 g/mol. The first-order valence-corrected chi connectivity index (χ1v) is 5.94. The lowest BCUT2D eigenvalue weighted by atomic mass is 9.97. The first kappa shape index (κ1) is 15.2. The molecule has 1 rings (SSSR count). The average Bonchev–Trinajstić information content (AvgIpc) is 2.36. The molecule has 1 aliphatic rings. The molecule has 2 unspecified atom stereocenters. The van der Waals surface area contributed by atoms with Crippen molar-refractivity contribution in [2.75, 3.05) is 13.2 Å². The van der Waals surface area contributed by atoms with Gasteiger partial charge in [0.05, 0.1) is 12.7 Å². The normalized spacial score (nSPS) is 36.1. The van der Waals surface area contributed by atoms with Crippen LogP contribution in [0.1, 0.15) is 19.8 Å². The van der Waals surface area contributed by atoms with E-state index in [1.54, 1.807) is 0 Å². The molecule has 8 heteroatoms. The van der Waals surface area contributed by atoms with Gasteiger partial charge in [-0.15, -0.1) is 0 Å². The number of hydrogen-bond donors (Lipinski definition) is 3. The number of unbranched alkanes of at least 4 members (excludes halogenated alkanes) is 1. The number of nitrogens with zero attached hydrogens (tertiary/aromatic N) is 3. The van der Waals surface area contributed by atoms with Gasteiger partial charge in [-0.3, -0.25) is 0 Å². The highest BCUT2D eigenvalue weighted by Gasteiger charge is 2.44. The lowest BCUT2D eigenvalue weighted by molar-refractivity contribution is -0.258. The van der Waals surface area contributed by atoms with Gasteiger partial charge in [0.1, 0.15) is 18.2 Å². The quantitative estimate of drug-likeness (QED) is 0.266. The second-order valence-corrected chi connectivity index (χ2v) is 4.12. The average molecular weight is 261 g/mol. The zero-order chi connectivity index (χ0) is 13.5. The van der Waals surface area contributed by atoms with Gasteiger partial charge in [-0.05, 0) is 12.0 Å². The third kappa shape index (κ3) is 3.55. The summed E-state index contributed by atoms with van der Waals surface area (Å²) in [6, 6.07) is -1.13. The van der Waals surface area contributed by atoms with Crippen molar-refractivity contribution in [3.63, 3.8) is 0 Å². The molecule has 18 heavy (non-hydrogen) atoms. The third-order valence-corrected chi connectivity index (χ3v) is 2.83. The molecule has 1 saturated heterocycles. The lowest BCUT2D eigenvalue weighted by Crippen LogP contribution is -2.58. The fourth-order valence-electron chi connectivity index (χ4n) is 1.82. The second-order valence-electron chi connectivity index (χ2n) is 4.12. The maximum atomic E-state index is 9.99. The van der Waals surface area contributed by atoms with Crippen molar-refractivity contribution in [2.45, 2.75) is 50.4 Å². The van der Waals surface area contributed by atoms with Crippen LogP contribution in [0.4, 0.5) is 0 Å². The molecule has 0 bridgehead atoms. The molecule has 0 aromatic rings. The first-order valence-electron chi connectivity index (χ1n) is 5.94. The van der Waals surface area contributed by atoms with Crippen LogP contribution in [0.2, 0.25) is 0 Å². The summed E-state index contributed by atoms with van der Waals surface area (Å²) in [7, 11) is 0. The fraction of sp³-hybridized carbons (Fsp3) is 1.00. The number of aliphatic hydroxyl groups is 3. The van der Waals surface area contributed by atoms with Crippen molar-refractivity contribution in [1.29, 1.82) is 0 Å². The molecule has 3 N–H and O–H groups in total. The summed E-state index contributed by atoms with van der Waals surface area (Å²) < 4.78 is 10.5. The van der Waals surface area contributed by atoms with Crippen LogP contribution in [0.25, 0.3) is 10.4 Å². The molecule has 1 heterocycles. The Morgan fingerprint density at radius 1 is 1.44 bits per heavy atom. The monoisotopic (exact) mass is 261 g/mol. The lowest BCUT2D eigenvalue weighted by Gasteiger charge is -2.40. The summed E-state index contributed by atoms with van der Waals surface area (Å²) >= 11 is 0. The largest absolute Gasteiger partial charge is 0.394 e. The Bertz CT molecular complexity index is 297. The number of rotatable bonds is 6. The van der Waals surface area contributed by atoms with E-state index in [1.807, 2.05) is 6.92 Å². The van der Waals surface area contributed by atoms with Crippen LogP contribution in [-0.2, 0) is 9.47 Å². The topological polar surface area (TPSA) is 128 Å². The van der Waals surface area contributed by atoms with Gasteiger partial charge in [-0.2, -0.15) is 0 Å². The summed E-state index contributed by atoms with van der Waals surface area (Å²) in [6.07, 6.45) is -2.58. The molecule has 0 spiro atoms. The number of ether oxygens (including phenoxy) is 2. The van der Waals surface area contributed by atoms with Crippen LogP contribution in [-0.4, -0.2) is 59.2 Å². The van der Waals surface area contributed by atoms with Gasteiger partial charge in [0.15, 0.2) is 6.29 Å². The number of azide groups is 1. The van der Waals surface area contributed by atoms with Gasteiger partial charge in [0, 0.05) is 11.5 Å². The van der Waals surface area contributed by atoms with E-state index < -0.39 is 37.3 Å². The molecule has 1 fully saturated rings. The smallest absolute Gasteiger partial charge is 0.166 e. The van der Waals surface area contributed by atoms with E-state index in [4.69, 9.17) is 20.1 Å². The molecule has 0 aromatic carbocycles. The van der Waals surface area contributed by atoms with Gasteiger partial charge < -0.3 is 24.8 Å². The van der Waals surface area contributed by atoms with Crippen molar-refractivity contribution in [1.82, 2.24) is 0 Å². The molecule has 1 aliphatic heterocycles. The van der Waals surface area contributed by atoms with Gasteiger partial charge >= 0.3 is 0 Å². The molecule has 0 aliphatic carbocycles. The Morgan fingerprint density at radius 2 is 2.17 bits per heavy atom. The zero-order valence-corrected chi connectivity index (χ0v) is 10.2. The Hall–Kier alpha value is -0.890. The van der Waals surface area contributed by atoms with Crippen LogP contribution >= 0.6 is 0 Å². The predicted octanol–water partition coefficient (Wildman–Crippen LogP) is -0.0790. The molecular formula is C10H19N3O5. The van der Waals surface area contributed by atoms with E-state index >= 15 is 0 Å². The molecule has 0 aromatic heterocycles. The highest BCUT2D eigenvalue weighted by molar-refractivity contribution is 4.93.